The van der Waals surface area contributed by atoms with Gasteiger partial charge in [-0.2, -0.15) is 13.2 Å². The van der Waals surface area contributed by atoms with Crippen molar-refractivity contribution in [3.8, 4) is 0 Å². The summed E-state index contributed by atoms with van der Waals surface area (Å²) in [6, 6.07) is 9.21. The van der Waals surface area contributed by atoms with Crippen molar-refractivity contribution in [1.29, 1.82) is 0 Å². The standard InChI is InChI=1S/C19H18F3N3O3/c1-11(26)24-15-7-3-5-13(10-15)18(28)25-16(17(23)27)9-12-4-2-6-14(8-12)19(20,21)22/h2-8,10,16H,9H2,1H3,(H2,23,27)(H,24,26)(H,25,28)/t16-/m0/s1. The second-order valence-electron chi connectivity index (χ2n) is 6.09. The van der Waals surface area contributed by atoms with E-state index in [0.29, 0.717) is 5.69 Å². The van der Waals surface area contributed by atoms with Crippen LogP contribution in [-0.2, 0) is 22.2 Å². The van der Waals surface area contributed by atoms with Crippen LogP contribution in [0.15, 0.2) is 48.5 Å². The van der Waals surface area contributed by atoms with E-state index >= 15 is 0 Å². The summed E-state index contributed by atoms with van der Waals surface area (Å²) in [6.07, 6.45) is -4.72. The highest BCUT2D eigenvalue weighted by Crippen LogP contribution is 2.29. The molecule has 0 aliphatic rings. The largest absolute Gasteiger partial charge is 0.416 e. The third-order valence-electron chi connectivity index (χ3n) is 3.79. The van der Waals surface area contributed by atoms with E-state index in [4.69, 9.17) is 5.73 Å². The number of halogens is 3. The second kappa shape index (κ2) is 8.55. The molecule has 2 aromatic carbocycles. The summed E-state index contributed by atoms with van der Waals surface area (Å²) in [4.78, 5) is 35.2. The molecule has 2 aromatic rings. The van der Waals surface area contributed by atoms with E-state index in [1.807, 2.05) is 0 Å². The highest BCUT2D eigenvalue weighted by molar-refractivity contribution is 5.99. The van der Waals surface area contributed by atoms with E-state index < -0.39 is 29.6 Å². The first-order chi connectivity index (χ1) is 13.1. The molecule has 0 saturated heterocycles. The van der Waals surface area contributed by atoms with Crippen LogP contribution in [0.3, 0.4) is 0 Å². The normalized spacial score (nSPS) is 12.1. The van der Waals surface area contributed by atoms with Gasteiger partial charge < -0.3 is 16.4 Å². The first-order valence-corrected chi connectivity index (χ1v) is 8.20. The van der Waals surface area contributed by atoms with Crippen molar-refractivity contribution in [2.75, 3.05) is 5.32 Å². The number of carbonyl (C=O) groups excluding carboxylic acids is 3. The summed E-state index contributed by atoms with van der Waals surface area (Å²) < 4.78 is 38.5. The van der Waals surface area contributed by atoms with Crippen molar-refractivity contribution >= 4 is 23.4 Å². The van der Waals surface area contributed by atoms with Crippen LogP contribution in [0.4, 0.5) is 18.9 Å². The SMILES string of the molecule is CC(=O)Nc1cccc(C(=O)N[C@@H](Cc2cccc(C(F)(F)F)c2)C(N)=O)c1. The Kier molecular flexibility index (Phi) is 6.40. The van der Waals surface area contributed by atoms with Gasteiger partial charge in [-0.1, -0.05) is 24.3 Å². The lowest BCUT2D eigenvalue weighted by molar-refractivity contribution is -0.137. The molecule has 0 fully saturated rings. The molecule has 2 rings (SSSR count). The van der Waals surface area contributed by atoms with Crippen LogP contribution < -0.4 is 16.4 Å². The fourth-order valence-corrected chi connectivity index (χ4v) is 2.52. The topological polar surface area (TPSA) is 101 Å². The summed E-state index contributed by atoms with van der Waals surface area (Å²) in [7, 11) is 0. The monoisotopic (exact) mass is 393 g/mol. The number of rotatable bonds is 6. The van der Waals surface area contributed by atoms with Gasteiger partial charge in [0.2, 0.25) is 11.8 Å². The Balaban J connectivity index is 2.16. The minimum Gasteiger partial charge on any atom is -0.368 e. The van der Waals surface area contributed by atoms with Gasteiger partial charge >= 0.3 is 6.18 Å². The van der Waals surface area contributed by atoms with Crippen LogP contribution in [0.5, 0.6) is 0 Å². The summed E-state index contributed by atoms with van der Waals surface area (Å²) in [6.45, 7) is 1.31. The number of amides is 3. The molecule has 0 aromatic heterocycles. The lowest BCUT2D eigenvalue weighted by Crippen LogP contribution is -2.45. The van der Waals surface area contributed by atoms with Gasteiger partial charge in [0, 0.05) is 24.6 Å². The summed E-state index contributed by atoms with van der Waals surface area (Å²) >= 11 is 0. The van der Waals surface area contributed by atoms with Crippen molar-refractivity contribution in [3.63, 3.8) is 0 Å². The predicted molar refractivity (Wildman–Crippen MR) is 96.3 cm³/mol. The Morgan fingerprint density at radius 1 is 1.07 bits per heavy atom. The Labute approximate surface area is 158 Å². The number of primary amides is 1. The maximum atomic E-state index is 12.8. The zero-order valence-electron chi connectivity index (χ0n) is 14.8. The van der Waals surface area contributed by atoms with Gasteiger partial charge in [-0.25, -0.2) is 0 Å². The molecule has 0 aliphatic carbocycles. The minimum atomic E-state index is -4.52. The third-order valence-corrected chi connectivity index (χ3v) is 3.79. The Morgan fingerprint density at radius 3 is 2.36 bits per heavy atom. The van der Waals surface area contributed by atoms with Crippen LogP contribution >= 0.6 is 0 Å². The molecule has 9 heteroatoms. The van der Waals surface area contributed by atoms with Crippen molar-refractivity contribution in [3.05, 3.63) is 65.2 Å². The van der Waals surface area contributed by atoms with Gasteiger partial charge in [-0.05, 0) is 29.8 Å². The zero-order chi connectivity index (χ0) is 20.9. The molecule has 4 N–H and O–H groups in total. The molecule has 6 nitrogen and oxygen atoms in total. The van der Waals surface area contributed by atoms with E-state index in [1.54, 1.807) is 6.07 Å². The molecule has 0 saturated carbocycles. The van der Waals surface area contributed by atoms with Gasteiger partial charge in [0.25, 0.3) is 5.91 Å². The smallest absolute Gasteiger partial charge is 0.368 e. The van der Waals surface area contributed by atoms with Gasteiger partial charge in [0.05, 0.1) is 5.56 Å². The molecule has 28 heavy (non-hydrogen) atoms. The van der Waals surface area contributed by atoms with Crippen LogP contribution in [0.25, 0.3) is 0 Å². The summed E-state index contributed by atoms with van der Waals surface area (Å²) in [5, 5.41) is 4.93. The number of alkyl halides is 3. The number of anilines is 1. The molecule has 0 spiro atoms. The van der Waals surface area contributed by atoms with Gasteiger partial charge in [-0.15, -0.1) is 0 Å². The molecule has 0 unspecified atom stereocenters. The number of nitrogens with two attached hydrogens (primary N) is 1. The van der Waals surface area contributed by atoms with Gasteiger partial charge in [-0.3, -0.25) is 14.4 Å². The maximum Gasteiger partial charge on any atom is 0.416 e. The highest BCUT2D eigenvalue weighted by Gasteiger charge is 2.30. The fraction of sp³-hybridized carbons (Fsp3) is 0.211. The average molecular weight is 393 g/mol. The van der Waals surface area contributed by atoms with E-state index in [-0.39, 0.29) is 23.5 Å². The van der Waals surface area contributed by atoms with E-state index in [9.17, 15) is 27.6 Å². The second-order valence-corrected chi connectivity index (χ2v) is 6.09. The molecule has 148 valence electrons. The Bertz CT molecular complexity index is 897. The molecule has 1 atom stereocenters. The quantitative estimate of drug-likeness (QED) is 0.703. The Hall–Kier alpha value is -3.36. The van der Waals surface area contributed by atoms with Crippen molar-refractivity contribution in [2.24, 2.45) is 5.73 Å². The third kappa shape index (κ3) is 5.83. The predicted octanol–water partition coefficient (Wildman–Crippen LogP) is 2.49. The fourth-order valence-electron chi connectivity index (χ4n) is 2.52. The average Bonchev–Trinajstić information content (AvgIpc) is 2.60. The number of carbonyl (C=O) groups is 3. The van der Waals surface area contributed by atoms with Gasteiger partial charge in [0.15, 0.2) is 0 Å². The lowest BCUT2D eigenvalue weighted by atomic mass is 10.0. The van der Waals surface area contributed by atoms with Crippen molar-refractivity contribution in [2.45, 2.75) is 25.6 Å². The van der Waals surface area contributed by atoms with Crippen LogP contribution in [0.1, 0.15) is 28.4 Å². The number of hydrogen-bond acceptors (Lipinski definition) is 3. The molecule has 0 radical (unpaired) electrons. The number of hydrogen-bond donors (Lipinski definition) is 3. The molecule has 0 aliphatic heterocycles. The lowest BCUT2D eigenvalue weighted by Gasteiger charge is -2.17. The zero-order valence-corrected chi connectivity index (χ0v) is 14.8. The minimum absolute atomic E-state index is 0.154. The van der Waals surface area contributed by atoms with Crippen LogP contribution in [0, 0.1) is 0 Å². The van der Waals surface area contributed by atoms with E-state index in [2.05, 4.69) is 10.6 Å². The van der Waals surface area contributed by atoms with Crippen molar-refractivity contribution < 1.29 is 27.6 Å². The summed E-state index contributed by atoms with van der Waals surface area (Å²) in [5.74, 6) is -1.86. The Morgan fingerprint density at radius 2 is 1.75 bits per heavy atom. The maximum absolute atomic E-state index is 12.8. The first kappa shape index (κ1) is 20.9. The molecule has 0 heterocycles. The first-order valence-electron chi connectivity index (χ1n) is 8.20. The van der Waals surface area contributed by atoms with Crippen molar-refractivity contribution in [1.82, 2.24) is 5.32 Å². The number of benzene rings is 2. The van der Waals surface area contributed by atoms with Crippen LogP contribution in [0.2, 0.25) is 0 Å². The highest BCUT2D eigenvalue weighted by atomic mass is 19.4. The van der Waals surface area contributed by atoms with Gasteiger partial charge in [0.1, 0.15) is 6.04 Å². The molecular weight excluding hydrogens is 375 g/mol. The molecule has 3 amide bonds. The van der Waals surface area contributed by atoms with E-state index in [0.717, 1.165) is 12.1 Å². The number of nitrogens with one attached hydrogen (secondary N) is 2. The van der Waals surface area contributed by atoms with E-state index in [1.165, 1.54) is 37.3 Å². The summed E-state index contributed by atoms with van der Waals surface area (Å²) in [5.41, 5.74) is 5.18. The molecule has 0 bridgehead atoms. The van der Waals surface area contributed by atoms with Crippen LogP contribution in [-0.4, -0.2) is 23.8 Å². The molecular formula is C19H18F3N3O3.